The lowest BCUT2D eigenvalue weighted by molar-refractivity contribution is -0.115. The molecule has 1 atom stereocenters. The number of carbonyl (C=O) groups is 1. The van der Waals surface area contributed by atoms with Crippen molar-refractivity contribution in [2.45, 2.75) is 24.3 Å². The van der Waals surface area contributed by atoms with E-state index >= 15 is 0 Å². The number of benzene rings is 2. The fourth-order valence-electron chi connectivity index (χ4n) is 2.36. The molecule has 2 aromatic carbocycles. The second-order valence-electron chi connectivity index (χ2n) is 5.64. The van der Waals surface area contributed by atoms with E-state index in [9.17, 15) is 4.79 Å². The first kappa shape index (κ1) is 16.7. The molecule has 0 aliphatic carbocycles. The van der Waals surface area contributed by atoms with Gasteiger partial charge in [0.1, 0.15) is 0 Å². The summed E-state index contributed by atoms with van der Waals surface area (Å²) in [7, 11) is 0. The van der Waals surface area contributed by atoms with Gasteiger partial charge in [0.25, 0.3) is 0 Å². The molecule has 0 fully saturated rings. The first-order chi connectivity index (χ1) is 11.7. The van der Waals surface area contributed by atoms with E-state index in [1.807, 2.05) is 43.3 Å². The average Bonchev–Trinajstić information content (AvgIpc) is 2.85. The molecule has 0 aromatic heterocycles. The second kappa shape index (κ2) is 8.11. The van der Waals surface area contributed by atoms with Gasteiger partial charge < -0.3 is 14.8 Å². The van der Waals surface area contributed by atoms with Crippen LogP contribution in [-0.2, 0) is 10.5 Å². The standard InChI is InChI=1S/C19H21NO3S/c1-14(24-13-15-6-3-2-4-7-15)19(21)20-16-8-9-17-18(12-16)23-11-5-10-22-17/h2-4,6-9,12,14H,5,10-11,13H2,1H3,(H,20,21). The second-order valence-corrected chi connectivity index (χ2v) is 6.97. The lowest BCUT2D eigenvalue weighted by atomic mass is 10.2. The van der Waals surface area contributed by atoms with E-state index in [-0.39, 0.29) is 11.2 Å². The molecule has 2 aromatic rings. The highest BCUT2D eigenvalue weighted by molar-refractivity contribution is 7.99. The molecule has 1 amide bonds. The molecule has 4 nitrogen and oxygen atoms in total. The molecule has 1 aliphatic heterocycles. The van der Waals surface area contributed by atoms with Crippen LogP contribution in [0.3, 0.4) is 0 Å². The highest BCUT2D eigenvalue weighted by Gasteiger charge is 2.16. The van der Waals surface area contributed by atoms with Crippen molar-refractivity contribution in [3.05, 3.63) is 54.1 Å². The smallest absolute Gasteiger partial charge is 0.237 e. The zero-order valence-corrected chi connectivity index (χ0v) is 14.5. The predicted octanol–water partition coefficient (Wildman–Crippen LogP) is 4.11. The Morgan fingerprint density at radius 3 is 2.67 bits per heavy atom. The summed E-state index contributed by atoms with van der Waals surface area (Å²) in [5.74, 6) is 2.23. The highest BCUT2D eigenvalue weighted by atomic mass is 32.2. The van der Waals surface area contributed by atoms with E-state index in [1.54, 1.807) is 11.8 Å². The monoisotopic (exact) mass is 343 g/mol. The van der Waals surface area contributed by atoms with Crippen molar-refractivity contribution in [3.63, 3.8) is 0 Å². The van der Waals surface area contributed by atoms with Crippen molar-refractivity contribution < 1.29 is 14.3 Å². The number of ether oxygens (including phenoxy) is 2. The van der Waals surface area contributed by atoms with Gasteiger partial charge >= 0.3 is 0 Å². The Kier molecular flexibility index (Phi) is 5.64. The van der Waals surface area contributed by atoms with Crippen LogP contribution < -0.4 is 14.8 Å². The van der Waals surface area contributed by atoms with E-state index in [1.165, 1.54) is 5.56 Å². The third-order valence-electron chi connectivity index (χ3n) is 3.73. The van der Waals surface area contributed by atoms with Crippen LogP contribution in [0.15, 0.2) is 48.5 Å². The van der Waals surface area contributed by atoms with E-state index in [2.05, 4.69) is 17.4 Å². The Labute approximate surface area is 146 Å². The van der Waals surface area contributed by atoms with Crippen LogP contribution in [0.5, 0.6) is 11.5 Å². The van der Waals surface area contributed by atoms with Crippen LogP contribution in [0.25, 0.3) is 0 Å². The Morgan fingerprint density at radius 2 is 1.88 bits per heavy atom. The molecule has 1 N–H and O–H groups in total. The lowest BCUT2D eigenvalue weighted by Gasteiger charge is -2.14. The normalized spacial score (nSPS) is 14.5. The summed E-state index contributed by atoms with van der Waals surface area (Å²) < 4.78 is 11.3. The van der Waals surface area contributed by atoms with Crippen molar-refractivity contribution in [1.82, 2.24) is 0 Å². The molecule has 5 heteroatoms. The first-order valence-corrected chi connectivity index (χ1v) is 9.13. The van der Waals surface area contributed by atoms with Crippen LogP contribution in [0.4, 0.5) is 5.69 Å². The van der Waals surface area contributed by atoms with E-state index in [0.29, 0.717) is 19.0 Å². The van der Waals surface area contributed by atoms with Gasteiger partial charge in [0.15, 0.2) is 11.5 Å². The predicted molar refractivity (Wildman–Crippen MR) is 97.9 cm³/mol. The summed E-state index contributed by atoms with van der Waals surface area (Å²) in [6.07, 6.45) is 0.865. The maximum atomic E-state index is 12.4. The van der Waals surface area contributed by atoms with Gasteiger partial charge in [-0.2, -0.15) is 0 Å². The number of hydrogen-bond donors (Lipinski definition) is 1. The van der Waals surface area contributed by atoms with Gasteiger partial charge in [-0.25, -0.2) is 0 Å². The van der Waals surface area contributed by atoms with Gasteiger partial charge in [0, 0.05) is 23.9 Å². The van der Waals surface area contributed by atoms with Gasteiger partial charge in [0.05, 0.1) is 18.5 Å². The minimum Gasteiger partial charge on any atom is -0.490 e. The average molecular weight is 343 g/mol. The van der Waals surface area contributed by atoms with Gasteiger partial charge in [-0.3, -0.25) is 4.79 Å². The summed E-state index contributed by atoms with van der Waals surface area (Å²) in [5, 5.41) is 2.82. The molecule has 0 radical (unpaired) electrons. The molecule has 3 rings (SSSR count). The molecular weight excluding hydrogens is 322 g/mol. The summed E-state index contributed by atoms with van der Waals surface area (Å²) in [6, 6.07) is 15.7. The van der Waals surface area contributed by atoms with Crippen molar-refractivity contribution in [2.75, 3.05) is 18.5 Å². The number of carbonyl (C=O) groups excluding carboxylic acids is 1. The largest absolute Gasteiger partial charge is 0.490 e. The summed E-state index contributed by atoms with van der Waals surface area (Å²) in [4.78, 5) is 12.4. The zero-order chi connectivity index (χ0) is 16.8. The number of thioether (sulfide) groups is 1. The zero-order valence-electron chi connectivity index (χ0n) is 13.7. The van der Waals surface area contributed by atoms with Crippen molar-refractivity contribution in [3.8, 4) is 11.5 Å². The molecule has 1 unspecified atom stereocenters. The van der Waals surface area contributed by atoms with Crippen LogP contribution >= 0.6 is 11.8 Å². The summed E-state index contributed by atoms with van der Waals surface area (Å²) >= 11 is 1.62. The molecule has 1 heterocycles. The molecule has 1 aliphatic rings. The highest BCUT2D eigenvalue weighted by Crippen LogP contribution is 2.32. The van der Waals surface area contributed by atoms with Crippen molar-refractivity contribution >= 4 is 23.4 Å². The van der Waals surface area contributed by atoms with E-state index in [4.69, 9.17) is 9.47 Å². The van der Waals surface area contributed by atoms with Crippen molar-refractivity contribution in [2.24, 2.45) is 0 Å². The van der Waals surface area contributed by atoms with Crippen LogP contribution in [-0.4, -0.2) is 24.4 Å². The number of nitrogens with one attached hydrogen (secondary N) is 1. The maximum absolute atomic E-state index is 12.4. The Balaban J connectivity index is 1.57. The number of rotatable bonds is 5. The van der Waals surface area contributed by atoms with Crippen LogP contribution in [0, 0.1) is 0 Å². The fourth-order valence-corrected chi connectivity index (χ4v) is 3.20. The maximum Gasteiger partial charge on any atom is 0.237 e. The number of fused-ring (bicyclic) bond motifs is 1. The van der Waals surface area contributed by atoms with Gasteiger partial charge in [0.2, 0.25) is 5.91 Å². The van der Waals surface area contributed by atoms with Crippen LogP contribution in [0.1, 0.15) is 18.9 Å². The molecule has 0 saturated heterocycles. The Bertz CT molecular complexity index is 690. The quantitative estimate of drug-likeness (QED) is 0.887. The SMILES string of the molecule is CC(SCc1ccccc1)C(=O)Nc1ccc2c(c1)OCCCO2. The molecular formula is C19H21NO3S. The minimum absolute atomic E-state index is 0.00887. The third kappa shape index (κ3) is 4.45. The summed E-state index contributed by atoms with van der Waals surface area (Å²) in [5.41, 5.74) is 1.95. The molecule has 0 bridgehead atoms. The first-order valence-electron chi connectivity index (χ1n) is 8.08. The molecule has 126 valence electrons. The van der Waals surface area contributed by atoms with Crippen molar-refractivity contribution in [1.29, 1.82) is 0 Å². The molecule has 24 heavy (non-hydrogen) atoms. The Hall–Kier alpha value is -2.14. The molecule has 0 saturated carbocycles. The van der Waals surface area contributed by atoms with Gasteiger partial charge in [-0.15, -0.1) is 11.8 Å². The topological polar surface area (TPSA) is 47.6 Å². The molecule has 0 spiro atoms. The van der Waals surface area contributed by atoms with Crippen LogP contribution in [0.2, 0.25) is 0 Å². The van der Waals surface area contributed by atoms with E-state index in [0.717, 1.165) is 23.6 Å². The summed E-state index contributed by atoms with van der Waals surface area (Å²) in [6.45, 7) is 3.21. The fraction of sp³-hybridized carbons (Fsp3) is 0.316. The number of hydrogen-bond acceptors (Lipinski definition) is 4. The number of anilines is 1. The lowest BCUT2D eigenvalue weighted by Crippen LogP contribution is -2.22. The third-order valence-corrected chi connectivity index (χ3v) is 4.94. The Morgan fingerprint density at radius 1 is 1.12 bits per heavy atom. The number of amides is 1. The van der Waals surface area contributed by atoms with E-state index < -0.39 is 0 Å². The van der Waals surface area contributed by atoms with Gasteiger partial charge in [-0.05, 0) is 24.6 Å². The van der Waals surface area contributed by atoms with Gasteiger partial charge in [-0.1, -0.05) is 30.3 Å². The minimum atomic E-state index is -0.138.